The highest BCUT2D eigenvalue weighted by molar-refractivity contribution is 6.45. The van der Waals surface area contributed by atoms with Crippen LogP contribution in [0.5, 0.6) is 0 Å². The van der Waals surface area contributed by atoms with Gasteiger partial charge in [0, 0.05) is 5.56 Å². The SMILES string of the molecule is CCO/N=C(\C(N)=O)c1ccccc1C. The molecule has 0 aromatic heterocycles. The lowest BCUT2D eigenvalue weighted by Gasteiger charge is -2.05. The molecule has 0 aliphatic carbocycles. The molecule has 0 heterocycles. The van der Waals surface area contributed by atoms with Crippen molar-refractivity contribution >= 4 is 11.6 Å². The molecule has 4 heteroatoms. The number of hydrogen-bond acceptors (Lipinski definition) is 3. The van der Waals surface area contributed by atoms with Crippen molar-refractivity contribution in [1.29, 1.82) is 0 Å². The topological polar surface area (TPSA) is 64.7 Å². The fourth-order valence-electron chi connectivity index (χ4n) is 1.19. The molecule has 0 saturated carbocycles. The Morgan fingerprint density at radius 3 is 2.67 bits per heavy atom. The Bertz CT molecular complexity index is 386. The van der Waals surface area contributed by atoms with E-state index in [4.69, 9.17) is 10.6 Å². The van der Waals surface area contributed by atoms with Crippen molar-refractivity contribution in [2.24, 2.45) is 10.9 Å². The van der Waals surface area contributed by atoms with E-state index in [-0.39, 0.29) is 5.71 Å². The molecule has 1 amide bonds. The van der Waals surface area contributed by atoms with E-state index < -0.39 is 5.91 Å². The molecular weight excluding hydrogens is 192 g/mol. The van der Waals surface area contributed by atoms with Gasteiger partial charge in [-0.05, 0) is 19.4 Å². The van der Waals surface area contributed by atoms with E-state index >= 15 is 0 Å². The smallest absolute Gasteiger partial charge is 0.271 e. The maximum atomic E-state index is 11.2. The van der Waals surface area contributed by atoms with Gasteiger partial charge >= 0.3 is 0 Å². The van der Waals surface area contributed by atoms with Crippen LogP contribution in [-0.4, -0.2) is 18.2 Å². The summed E-state index contributed by atoms with van der Waals surface area (Å²) < 4.78 is 0. The number of nitrogens with zero attached hydrogens (tertiary/aromatic N) is 1. The molecule has 1 aromatic rings. The van der Waals surface area contributed by atoms with Gasteiger partial charge in [0.1, 0.15) is 6.61 Å². The van der Waals surface area contributed by atoms with Crippen molar-refractivity contribution in [2.75, 3.05) is 6.61 Å². The van der Waals surface area contributed by atoms with Gasteiger partial charge in [0.25, 0.3) is 5.91 Å². The van der Waals surface area contributed by atoms with Gasteiger partial charge in [-0.1, -0.05) is 29.4 Å². The fourth-order valence-corrected chi connectivity index (χ4v) is 1.19. The van der Waals surface area contributed by atoms with Crippen molar-refractivity contribution in [3.8, 4) is 0 Å². The number of primary amides is 1. The van der Waals surface area contributed by atoms with E-state index in [1.807, 2.05) is 25.1 Å². The number of nitrogens with two attached hydrogens (primary N) is 1. The first-order chi connectivity index (χ1) is 7.16. The Morgan fingerprint density at radius 1 is 1.47 bits per heavy atom. The Kier molecular flexibility index (Phi) is 3.85. The first-order valence-corrected chi connectivity index (χ1v) is 4.72. The van der Waals surface area contributed by atoms with Gasteiger partial charge in [0.15, 0.2) is 5.71 Å². The standard InChI is InChI=1S/C11H14N2O2/c1-3-15-13-10(11(12)14)9-7-5-4-6-8(9)2/h4-7H,3H2,1-2H3,(H2,12,14)/b13-10-. The lowest BCUT2D eigenvalue weighted by Crippen LogP contribution is -2.25. The second kappa shape index (κ2) is 5.14. The molecule has 0 aliphatic rings. The number of rotatable bonds is 4. The van der Waals surface area contributed by atoms with Gasteiger partial charge in [-0.25, -0.2) is 0 Å². The minimum atomic E-state index is -0.585. The van der Waals surface area contributed by atoms with Crippen LogP contribution in [0.15, 0.2) is 29.4 Å². The van der Waals surface area contributed by atoms with Gasteiger partial charge in [-0.3, -0.25) is 4.79 Å². The van der Waals surface area contributed by atoms with Crippen LogP contribution in [0.3, 0.4) is 0 Å². The molecule has 0 atom stereocenters. The Hall–Kier alpha value is -1.84. The first kappa shape index (κ1) is 11.2. The number of oxime groups is 1. The molecule has 1 aromatic carbocycles. The molecule has 2 N–H and O–H groups in total. The van der Waals surface area contributed by atoms with E-state index in [2.05, 4.69) is 5.16 Å². The highest BCUT2D eigenvalue weighted by Crippen LogP contribution is 2.08. The maximum absolute atomic E-state index is 11.2. The average Bonchev–Trinajstić information content (AvgIpc) is 2.20. The summed E-state index contributed by atoms with van der Waals surface area (Å²) >= 11 is 0. The normalized spacial score (nSPS) is 11.2. The van der Waals surface area contributed by atoms with Crippen LogP contribution >= 0.6 is 0 Å². The Labute approximate surface area is 88.7 Å². The quantitative estimate of drug-likeness (QED) is 0.594. The minimum absolute atomic E-state index is 0.162. The number of benzene rings is 1. The second-order valence-corrected chi connectivity index (χ2v) is 3.04. The van der Waals surface area contributed by atoms with E-state index in [1.54, 1.807) is 13.0 Å². The zero-order valence-electron chi connectivity index (χ0n) is 8.86. The Morgan fingerprint density at radius 2 is 2.13 bits per heavy atom. The summed E-state index contributed by atoms with van der Waals surface area (Å²) in [5.74, 6) is -0.585. The molecule has 0 aliphatic heterocycles. The summed E-state index contributed by atoms with van der Waals surface area (Å²) in [5.41, 5.74) is 7.04. The number of aryl methyl sites for hydroxylation is 1. The molecule has 0 unspecified atom stereocenters. The molecular formula is C11H14N2O2. The predicted molar refractivity (Wildman–Crippen MR) is 58.5 cm³/mol. The Balaban J connectivity index is 3.10. The van der Waals surface area contributed by atoms with Crippen molar-refractivity contribution in [3.63, 3.8) is 0 Å². The van der Waals surface area contributed by atoms with Crippen molar-refractivity contribution in [3.05, 3.63) is 35.4 Å². The summed E-state index contributed by atoms with van der Waals surface area (Å²) in [5, 5.41) is 3.71. The molecule has 80 valence electrons. The third kappa shape index (κ3) is 2.80. The van der Waals surface area contributed by atoms with Crippen LogP contribution in [0.4, 0.5) is 0 Å². The van der Waals surface area contributed by atoms with Crippen LogP contribution in [0, 0.1) is 6.92 Å². The van der Waals surface area contributed by atoms with E-state index in [9.17, 15) is 4.79 Å². The lowest BCUT2D eigenvalue weighted by atomic mass is 10.0. The number of hydrogen-bond donors (Lipinski definition) is 1. The molecule has 0 spiro atoms. The number of carbonyl (C=O) groups excluding carboxylic acids is 1. The highest BCUT2D eigenvalue weighted by atomic mass is 16.6. The van der Waals surface area contributed by atoms with Crippen molar-refractivity contribution < 1.29 is 9.63 Å². The van der Waals surface area contributed by atoms with E-state index in [0.717, 1.165) is 5.56 Å². The third-order valence-electron chi connectivity index (χ3n) is 1.92. The number of amides is 1. The summed E-state index contributed by atoms with van der Waals surface area (Å²) in [4.78, 5) is 16.0. The monoisotopic (exact) mass is 206 g/mol. The van der Waals surface area contributed by atoms with Gasteiger partial charge in [0.05, 0.1) is 0 Å². The largest absolute Gasteiger partial charge is 0.395 e. The minimum Gasteiger partial charge on any atom is -0.395 e. The maximum Gasteiger partial charge on any atom is 0.271 e. The van der Waals surface area contributed by atoms with Crippen molar-refractivity contribution in [2.45, 2.75) is 13.8 Å². The molecule has 1 rings (SSSR count). The second-order valence-electron chi connectivity index (χ2n) is 3.04. The highest BCUT2D eigenvalue weighted by Gasteiger charge is 2.12. The van der Waals surface area contributed by atoms with Crippen molar-refractivity contribution in [1.82, 2.24) is 0 Å². The van der Waals surface area contributed by atoms with Crippen LogP contribution in [0.2, 0.25) is 0 Å². The van der Waals surface area contributed by atoms with Gasteiger partial charge in [-0.2, -0.15) is 0 Å². The zero-order chi connectivity index (χ0) is 11.3. The average molecular weight is 206 g/mol. The van der Waals surface area contributed by atoms with Gasteiger partial charge < -0.3 is 10.6 Å². The van der Waals surface area contributed by atoms with Gasteiger partial charge in [-0.15, -0.1) is 0 Å². The molecule has 0 saturated heterocycles. The van der Waals surface area contributed by atoms with Crippen LogP contribution < -0.4 is 5.73 Å². The summed E-state index contributed by atoms with van der Waals surface area (Å²) in [6.45, 7) is 4.09. The lowest BCUT2D eigenvalue weighted by molar-refractivity contribution is -0.112. The molecule has 15 heavy (non-hydrogen) atoms. The van der Waals surface area contributed by atoms with Gasteiger partial charge in [0.2, 0.25) is 0 Å². The summed E-state index contributed by atoms with van der Waals surface area (Å²) in [6.07, 6.45) is 0. The zero-order valence-corrected chi connectivity index (χ0v) is 8.86. The predicted octanol–water partition coefficient (Wildman–Crippen LogP) is 1.22. The molecule has 0 bridgehead atoms. The summed E-state index contributed by atoms with van der Waals surface area (Å²) in [7, 11) is 0. The van der Waals surface area contributed by atoms with E-state index in [0.29, 0.717) is 12.2 Å². The van der Waals surface area contributed by atoms with Crippen LogP contribution in [-0.2, 0) is 9.63 Å². The molecule has 0 radical (unpaired) electrons. The summed E-state index contributed by atoms with van der Waals surface area (Å²) in [6, 6.07) is 7.39. The van der Waals surface area contributed by atoms with Crippen LogP contribution in [0.25, 0.3) is 0 Å². The molecule has 4 nitrogen and oxygen atoms in total. The third-order valence-corrected chi connectivity index (χ3v) is 1.92. The van der Waals surface area contributed by atoms with Crippen LogP contribution in [0.1, 0.15) is 18.1 Å². The van der Waals surface area contributed by atoms with E-state index in [1.165, 1.54) is 0 Å². The number of carbonyl (C=O) groups is 1. The first-order valence-electron chi connectivity index (χ1n) is 4.72. The fraction of sp³-hybridized carbons (Fsp3) is 0.273. The molecule has 0 fully saturated rings.